The summed E-state index contributed by atoms with van der Waals surface area (Å²) in [6.45, 7) is 2.90. The smallest absolute Gasteiger partial charge is 0.187 e. The van der Waals surface area contributed by atoms with Crippen LogP contribution in [0.4, 0.5) is 4.39 Å². The minimum Gasteiger partial charge on any atom is -0.497 e. The van der Waals surface area contributed by atoms with Crippen molar-refractivity contribution in [3.8, 4) is 5.75 Å². The normalized spacial score (nSPS) is 20.1. The van der Waals surface area contributed by atoms with Gasteiger partial charge in [-0.2, -0.15) is 0 Å². The number of ether oxygens (including phenoxy) is 1. The molecule has 0 saturated carbocycles. The molecule has 1 aromatic carbocycles. The van der Waals surface area contributed by atoms with E-state index in [1.807, 2.05) is 24.3 Å². The van der Waals surface area contributed by atoms with E-state index in [4.69, 9.17) is 4.74 Å². The Kier molecular flexibility index (Phi) is 8.47. The number of piperidine rings is 1. The third kappa shape index (κ3) is 6.19. The van der Waals surface area contributed by atoms with Crippen molar-refractivity contribution in [1.82, 2.24) is 19.9 Å². The molecule has 4 rings (SSSR count). The molecule has 1 saturated heterocycles. The molecule has 3 atom stereocenters. The van der Waals surface area contributed by atoms with Crippen LogP contribution in [-0.2, 0) is 0 Å². The highest BCUT2D eigenvalue weighted by Crippen LogP contribution is 2.35. The summed E-state index contributed by atoms with van der Waals surface area (Å²) >= 11 is 1.65. The number of benzene rings is 1. The molecule has 0 radical (unpaired) electrons. The van der Waals surface area contributed by atoms with Gasteiger partial charge in [0, 0.05) is 49.4 Å². The molecule has 3 aromatic rings. The van der Waals surface area contributed by atoms with Crippen LogP contribution >= 0.6 is 11.8 Å². The van der Waals surface area contributed by atoms with Crippen molar-refractivity contribution < 1.29 is 14.2 Å². The molecule has 0 spiro atoms. The van der Waals surface area contributed by atoms with Crippen LogP contribution in [0.2, 0.25) is 0 Å². The summed E-state index contributed by atoms with van der Waals surface area (Å²) < 4.78 is 20.6. The van der Waals surface area contributed by atoms with E-state index in [2.05, 4.69) is 19.9 Å². The first-order chi connectivity index (χ1) is 16.2. The summed E-state index contributed by atoms with van der Waals surface area (Å²) in [7, 11) is 1.61. The number of aliphatic hydroxyl groups is 1. The number of fused-ring (bicyclic) bond motifs is 1. The Bertz CT molecular complexity index is 1030. The zero-order chi connectivity index (χ0) is 23.0. The number of alkyl halides is 1. The monoisotopic (exact) mass is 470 g/mol. The summed E-state index contributed by atoms with van der Waals surface area (Å²) in [6, 6.07) is 9.16. The molecule has 8 heteroatoms. The van der Waals surface area contributed by atoms with Crippen molar-refractivity contribution in [3.63, 3.8) is 0 Å². The molecule has 2 aromatic heterocycles. The van der Waals surface area contributed by atoms with E-state index in [1.165, 1.54) is 0 Å². The van der Waals surface area contributed by atoms with Crippen LogP contribution < -0.4 is 4.74 Å². The van der Waals surface area contributed by atoms with E-state index in [1.54, 1.807) is 43.5 Å². The third-order valence-corrected chi connectivity index (χ3v) is 7.36. The summed E-state index contributed by atoms with van der Waals surface area (Å²) in [5, 5.41) is 11.6. The third-order valence-electron chi connectivity index (χ3n) is 6.50. The highest BCUT2D eigenvalue weighted by atomic mass is 32.2. The Hall–Kier alpha value is -2.29. The van der Waals surface area contributed by atoms with E-state index in [-0.39, 0.29) is 12.5 Å². The number of thioether (sulfide) groups is 1. The maximum atomic E-state index is 15.3. The van der Waals surface area contributed by atoms with Crippen molar-refractivity contribution >= 4 is 22.7 Å². The topological polar surface area (TPSA) is 71.4 Å². The van der Waals surface area contributed by atoms with Crippen LogP contribution in [-0.4, -0.2) is 64.1 Å². The number of halogens is 1. The molecular weight excluding hydrogens is 439 g/mol. The largest absolute Gasteiger partial charge is 0.497 e. The average Bonchev–Trinajstić information content (AvgIpc) is 2.87. The first-order valence-electron chi connectivity index (χ1n) is 11.5. The van der Waals surface area contributed by atoms with Gasteiger partial charge in [0.1, 0.15) is 11.9 Å². The number of methoxy groups -OCH3 is 1. The molecule has 1 N–H and O–H groups in total. The zero-order valence-corrected chi connectivity index (χ0v) is 19.8. The second-order valence-corrected chi connectivity index (χ2v) is 9.56. The van der Waals surface area contributed by atoms with Crippen molar-refractivity contribution in [3.05, 3.63) is 54.5 Å². The molecule has 1 fully saturated rings. The van der Waals surface area contributed by atoms with E-state index < -0.39 is 6.17 Å². The Labute approximate surface area is 198 Å². The van der Waals surface area contributed by atoms with Crippen molar-refractivity contribution in [2.24, 2.45) is 11.8 Å². The van der Waals surface area contributed by atoms with Crippen molar-refractivity contribution in [1.29, 1.82) is 0 Å². The molecular formula is C25H31FN4O2S. The van der Waals surface area contributed by atoms with Gasteiger partial charge in [0.2, 0.25) is 0 Å². The molecule has 0 bridgehead atoms. The SMILES string of the molecule is COc1ccc2nccc([C@H](F)CC[C@@H]3CCN(CCSc4ncccn4)C[C@@H]3CO)c2c1. The predicted octanol–water partition coefficient (Wildman–Crippen LogP) is 4.55. The molecule has 1 aliphatic heterocycles. The van der Waals surface area contributed by atoms with Crippen LogP contribution in [0.25, 0.3) is 10.9 Å². The predicted molar refractivity (Wildman–Crippen MR) is 129 cm³/mol. The van der Waals surface area contributed by atoms with Gasteiger partial charge >= 0.3 is 0 Å². The molecule has 176 valence electrons. The van der Waals surface area contributed by atoms with Gasteiger partial charge in [-0.15, -0.1) is 0 Å². The summed E-state index contributed by atoms with van der Waals surface area (Å²) in [5.41, 5.74) is 1.44. The van der Waals surface area contributed by atoms with Gasteiger partial charge in [0.05, 0.1) is 12.6 Å². The van der Waals surface area contributed by atoms with E-state index >= 15 is 4.39 Å². The summed E-state index contributed by atoms with van der Waals surface area (Å²) in [4.78, 5) is 15.2. The Morgan fingerprint density at radius 3 is 2.82 bits per heavy atom. The van der Waals surface area contributed by atoms with Crippen molar-refractivity contribution in [2.75, 3.05) is 39.1 Å². The molecule has 0 amide bonds. The summed E-state index contributed by atoms with van der Waals surface area (Å²) in [5.74, 6) is 2.13. The number of pyridine rings is 1. The van der Waals surface area contributed by atoms with Crippen LogP contribution in [0.3, 0.4) is 0 Å². The maximum absolute atomic E-state index is 15.3. The van der Waals surface area contributed by atoms with E-state index in [0.29, 0.717) is 23.7 Å². The lowest BCUT2D eigenvalue weighted by Crippen LogP contribution is -2.43. The minimum atomic E-state index is -1.07. The first kappa shape index (κ1) is 23.9. The molecule has 0 aliphatic carbocycles. The number of hydrogen-bond acceptors (Lipinski definition) is 7. The Morgan fingerprint density at radius 2 is 2.03 bits per heavy atom. The number of likely N-dealkylation sites (tertiary alicyclic amines) is 1. The lowest BCUT2D eigenvalue weighted by Gasteiger charge is -2.38. The summed E-state index contributed by atoms with van der Waals surface area (Å²) in [6.07, 6.45) is 6.30. The maximum Gasteiger partial charge on any atom is 0.187 e. The lowest BCUT2D eigenvalue weighted by molar-refractivity contribution is 0.0672. The second kappa shape index (κ2) is 11.7. The van der Waals surface area contributed by atoms with Crippen LogP contribution in [0.5, 0.6) is 5.75 Å². The van der Waals surface area contributed by atoms with Gasteiger partial charge < -0.3 is 14.7 Å². The highest BCUT2D eigenvalue weighted by molar-refractivity contribution is 7.99. The fourth-order valence-electron chi connectivity index (χ4n) is 4.63. The Balaban J connectivity index is 1.30. The first-order valence-corrected chi connectivity index (χ1v) is 12.5. The Morgan fingerprint density at radius 1 is 1.18 bits per heavy atom. The zero-order valence-electron chi connectivity index (χ0n) is 18.9. The molecule has 33 heavy (non-hydrogen) atoms. The average molecular weight is 471 g/mol. The van der Waals surface area contributed by atoms with Gasteiger partial charge in [0.25, 0.3) is 0 Å². The molecule has 1 aliphatic rings. The van der Waals surface area contributed by atoms with E-state index in [9.17, 15) is 5.11 Å². The molecule has 3 heterocycles. The van der Waals surface area contributed by atoms with Crippen LogP contribution in [0, 0.1) is 11.8 Å². The number of hydrogen-bond donors (Lipinski definition) is 1. The molecule has 6 nitrogen and oxygen atoms in total. The standard InChI is InChI=1S/C25H31FN4O2S/c1-32-20-4-6-24-22(15-20)21(7-11-27-24)23(26)5-3-18-8-12-30(16-19(18)17-31)13-14-33-25-28-9-2-10-29-25/h2,4,6-7,9-11,15,18-19,23,31H,3,5,8,12-14,16-17H2,1H3/t18-,19-,23-/m1/s1. The number of nitrogens with zero attached hydrogens (tertiary/aromatic N) is 4. The second-order valence-electron chi connectivity index (χ2n) is 8.50. The van der Waals surface area contributed by atoms with Crippen LogP contribution in [0.1, 0.15) is 31.0 Å². The van der Waals surface area contributed by atoms with Gasteiger partial charge in [0.15, 0.2) is 5.16 Å². The van der Waals surface area contributed by atoms with Gasteiger partial charge in [-0.25, -0.2) is 14.4 Å². The highest BCUT2D eigenvalue weighted by Gasteiger charge is 2.29. The number of aliphatic hydroxyl groups excluding tert-OH is 1. The van der Waals surface area contributed by atoms with Gasteiger partial charge in [-0.05, 0) is 73.5 Å². The van der Waals surface area contributed by atoms with Gasteiger partial charge in [-0.3, -0.25) is 4.98 Å². The van der Waals surface area contributed by atoms with Crippen molar-refractivity contribution in [2.45, 2.75) is 30.6 Å². The van der Waals surface area contributed by atoms with Crippen LogP contribution in [0.15, 0.2) is 54.1 Å². The number of aromatic nitrogens is 3. The number of rotatable bonds is 10. The van der Waals surface area contributed by atoms with Gasteiger partial charge in [-0.1, -0.05) is 11.8 Å². The fraction of sp³-hybridized carbons (Fsp3) is 0.480. The van der Waals surface area contributed by atoms with E-state index in [0.717, 1.165) is 54.3 Å². The quantitative estimate of drug-likeness (QED) is 0.344. The lowest BCUT2D eigenvalue weighted by atomic mass is 9.81. The molecule has 0 unspecified atom stereocenters. The minimum absolute atomic E-state index is 0.141. The fourth-order valence-corrected chi connectivity index (χ4v) is 5.44.